The standard InChI is InChI=1S/C22H24O7/c1-12-6-8-17-16(10-12)21(27-13(2)23)22(28-14(3)24)20(29-17)15-7-9-18(25-4)19(11-15)26-5/h6-11,20-22H,1-5H3/t20-,21+,22+/m0/s1. The molecule has 0 fully saturated rings. The summed E-state index contributed by atoms with van der Waals surface area (Å²) >= 11 is 0. The number of carbonyl (C=O) groups is 2. The van der Waals surface area contributed by atoms with Crippen LogP contribution in [0.3, 0.4) is 0 Å². The van der Waals surface area contributed by atoms with E-state index in [4.69, 9.17) is 23.7 Å². The molecule has 7 heteroatoms. The summed E-state index contributed by atoms with van der Waals surface area (Å²) < 4.78 is 28.1. The average molecular weight is 400 g/mol. The molecular formula is C22H24O7. The maximum absolute atomic E-state index is 11.9. The van der Waals surface area contributed by atoms with E-state index >= 15 is 0 Å². The van der Waals surface area contributed by atoms with Crippen LogP contribution in [0.15, 0.2) is 36.4 Å². The zero-order chi connectivity index (χ0) is 21.1. The Morgan fingerprint density at radius 2 is 1.59 bits per heavy atom. The first kappa shape index (κ1) is 20.5. The van der Waals surface area contributed by atoms with Gasteiger partial charge in [0.1, 0.15) is 5.75 Å². The van der Waals surface area contributed by atoms with E-state index in [0.717, 1.165) is 5.56 Å². The van der Waals surface area contributed by atoms with Gasteiger partial charge in [-0.3, -0.25) is 9.59 Å². The summed E-state index contributed by atoms with van der Waals surface area (Å²) in [5, 5.41) is 0. The second kappa shape index (κ2) is 8.43. The molecule has 3 atom stereocenters. The Hall–Kier alpha value is -3.22. The predicted octanol–water partition coefficient (Wildman–Crippen LogP) is 3.68. The summed E-state index contributed by atoms with van der Waals surface area (Å²) in [6.07, 6.45) is -2.39. The topological polar surface area (TPSA) is 80.3 Å². The second-order valence-corrected chi connectivity index (χ2v) is 6.80. The molecule has 1 heterocycles. The number of ether oxygens (including phenoxy) is 5. The van der Waals surface area contributed by atoms with Crippen molar-refractivity contribution < 1.29 is 33.3 Å². The van der Waals surface area contributed by atoms with Gasteiger partial charge in [-0.1, -0.05) is 17.7 Å². The first-order chi connectivity index (χ1) is 13.8. The first-order valence-corrected chi connectivity index (χ1v) is 9.17. The fourth-order valence-electron chi connectivity index (χ4n) is 3.45. The number of methoxy groups -OCH3 is 2. The Labute approximate surface area is 169 Å². The van der Waals surface area contributed by atoms with Crippen molar-refractivity contribution in [3.8, 4) is 17.2 Å². The molecule has 2 aromatic carbocycles. The van der Waals surface area contributed by atoms with Crippen molar-refractivity contribution in [1.82, 2.24) is 0 Å². The third-order valence-corrected chi connectivity index (χ3v) is 4.65. The SMILES string of the molecule is COc1ccc([C@@H]2Oc3ccc(C)cc3[C@@H](OC(C)=O)[C@@H]2OC(C)=O)cc1OC. The molecule has 0 N–H and O–H groups in total. The van der Waals surface area contributed by atoms with E-state index in [2.05, 4.69) is 0 Å². The minimum atomic E-state index is -0.871. The molecule has 2 aromatic rings. The maximum atomic E-state index is 11.9. The van der Waals surface area contributed by atoms with E-state index in [-0.39, 0.29) is 0 Å². The second-order valence-electron chi connectivity index (χ2n) is 6.80. The van der Waals surface area contributed by atoms with E-state index in [1.807, 2.05) is 25.1 Å². The van der Waals surface area contributed by atoms with Gasteiger partial charge in [-0.05, 0) is 31.2 Å². The summed E-state index contributed by atoms with van der Waals surface area (Å²) in [4.78, 5) is 23.7. The lowest BCUT2D eigenvalue weighted by atomic mass is 9.90. The number of carbonyl (C=O) groups excluding carboxylic acids is 2. The molecule has 0 aromatic heterocycles. The molecule has 1 aliphatic heterocycles. The van der Waals surface area contributed by atoms with E-state index in [0.29, 0.717) is 28.4 Å². The van der Waals surface area contributed by atoms with Gasteiger partial charge in [-0.25, -0.2) is 0 Å². The number of hydrogen-bond acceptors (Lipinski definition) is 7. The summed E-state index contributed by atoms with van der Waals surface area (Å²) in [6.45, 7) is 4.55. The van der Waals surface area contributed by atoms with Crippen molar-refractivity contribution in [3.63, 3.8) is 0 Å². The van der Waals surface area contributed by atoms with Crippen LogP contribution in [0.1, 0.15) is 42.7 Å². The zero-order valence-electron chi connectivity index (χ0n) is 17.1. The highest BCUT2D eigenvalue weighted by atomic mass is 16.6. The number of esters is 2. The average Bonchev–Trinajstić information content (AvgIpc) is 2.68. The number of fused-ring (bicyclic) bond motifs is 1. The minimum Gasteiger partial charge on any atom is -0.493 e. The van der Waals surface area contributed by atoms with Crippen LogP contribution in [0.4, 0.5) is 0 Å². The molecule has 29 heavy (non-hydrogen) atoms. The Morgan fingerprint density at radius 1 is 0.897 bits per heavy atom. The van der Waals surface area contributed by atoms with Gasteiger partial charge >= 0.3 is 11.9 Å². The highest BCUT2D eigenvalue weighted by molar-refractivity contribution is 5.68. The van der Waals surface area contributed by atoms with E-state index in [9.17, 15) is 9.59 Å². The van der Waals surface area contributed by atoms with Crippen molar-refractivity contribution in [2.24, 2.45) is 0 Å². The molecule has 0 spiro atoms. The third-order valence-electron chi connectivity index (χ3n) is 4.65. The Kier molecular flexibility index (Phi) is 5.96. The molecule has 0 bridgehead atoms. The first-order valence-electron chi connectivity index (χ1n) is 9.17. The highest BCUT2D eigenvalue weighted by Gasteiger charge is 2.44. The predicted molar refractivity (Wildman–Crippen MR) is 104 cm³/mol. The van der Waals surface area contributed by atoms with Crippen LogP contribution >= 0.6 is 0 Å². The smallest absolute Gasteiger partial charge is 0.303 e. The molecule has 7 nitrogen and oxygen atoms in total. The fraction of sp³-hybridized carbons (Fsp3) is 0.364. The molecule has 154 valence electrons. The summed E-state index contributed by atoms with van der Waals surface area (Å²) in [5.74, 6) is 0.646. The summed E-state index contributed by atoms with van der Waals surface area (Å²) in [7, 11) is 3.08. The van der Waals surface area contributed by atoms with Gasteiger partial charge in [-0.15, -0.1) is 0 Å². The Bertz CT molecular complexity index is 921. The summed E-state index contributed by atoms with van der Waals surface area (Å²) in [5.41, 5.74) is 2.32. The zero-order valence-corrected chi connectivity index (χ0v) is 17.1. The minimum absolute atomic E-state index is 0.479. The van der Waals surface area contributed by atoms with Crippen molar-refractivity contribution in [3.05, 3.63) is 53.1 Å². The van der Waals surface area contributed by atoms with Gasteiger partial charge in [0, 0.05) is 25.0 Å². The van der Waals surface area contributed by atoms with Crippen molar-refractivity contribution in [2.75, 3.05) is 14.2 Å². The maximum Gasteiger partial charge on any atom is 0.303 e. The normalized spacial score (nSPS) is 20.1. The van der Waals surface area contributed by atoms with Gasteiger partial charge in [0.05, 0.1) is 14.2 Å². The quantitative estimate of drug-likeness (QED) is 0.708. The van der Waals surface area contributed by atoms with Crippen molar-refractivity contribution in [2.45, 2.75) is 39.1 Å². The van der Waals surface area contributed by atoms with Crippen LogP contribution in [0.25, 0.3) is 0 Å². The van der Waals surface area contributed by atoms with Crippen LogP contribution in [-0.4, -0.2) is 32.3 Å². The van der Waals surface area contributed by atoms with E-state index < -0.39 is 30.3 Å². The largest absolute Gasteiger partial charge is 0.493 e. The van der Waals surface area contributed by atoms with Gasteiger partial charge in [0.15, 0.2) is 29.8 Å². The van der Waals surface area contributed by atoms with Crippen LogP contribution in [0, 0.1) is 6.92 Å². The molecule has 0 saturated carbocycles. The van der Waals surface area contributed by atoms with E-state index in [1.54, 1.807) is 25.3 Å². The molecule has 0 unspecified atom stereocenters. The van der Waals surface area contributed by atoms with Crippen LogP contribution in [0.5, 0.6) is 17.2 Å². The van der Waals surface area contributed by atoms with Crippen molar-refractivity contribution in [1.29, 1.82) is 0 Å². The number of rotatable bonds is 5. The van der Waals surface area contributed by atoms with Gasteiger partial charge in [-0.2, -0.15) is 0 Å². The number of hydrogen-bond donors (Lipinski definition) is 0. The molecular weight excluding hydrogens is 376 g/mol. The number of aryl methyl sites for hydroxylation is 1. The monoisotopic (exact) mass is 400 g/mol. The number of benzene rings is 2. The van der Waals surface area contributed by atoms with Crippen LogP contribution in [0.2, 0.25) is 0 Å². The molecule has 1 aliphatic rings. The molecule has 0 amide bonds. The third kappa shape index (κ3) is 4.29. The van der Waals surface area contributed by atoms with Crippen molar-refractivity contribution >= 4 is 11.9 Å². The Morgan fingerprint density at radius 3 is 2.21 bits per heavy atom. The molecule has 0 radical (unpaired) electrons. The highest BCUT2D eigenvalue weighted by Crippen LogP contribution is 2.46. The molecule has 0 saturated heterocycles. The fourth-order valence-corrected chi connectivity index (χ4v) is 3.45. The molecule has 3 rings (SSSR count). The van der Waals surface area contributed by atoms with Crippen LogP contribution in [-0.2, 0) is 19.1 Å². The van der Waals surface area contributed by atoms with Gasteiger partial charge < -0.3 is 23.7 Å². The van der Waals surface area contributed by atoms with Gasteiger partial charge in [0.25, 0.3) is 0 Å². The van der Waals surface area contributed by atoms with Crippen LogP contribution < -0.4 is 14.2 Å². The molecule has 0 aliphatic carbocycles. The summed E-state index contributed by atoms with van der Waals surface area (Å²) in [6, 6.07) is 10.9. The van der Waals surface area contributed by atoms with Gasteiger partial charge in [0.2, 0.25) is 0 Å². The van der Waals surface area contributed by atoms with E-state index in [1.165, 1.54) is 21.0 Å². The Balaban J connectivity index is 2.13. The lowest BCUT2D eigenvalue weighted by molar-refractivity contribution is -0.178. The lowest BCUT2D eigenvalue weighted by Crippen LogP contribution is -2.39. The lowest BCUT2D eigenvalue weighted by Gasteiger charge is -2.38.